The van der Waals surface area contributed by atoms with Gasteiger partial charge >= 0.3 is 0 Å². The van der Waals surface area contributed by atoms with Crippen LogP contribution in [0.5, 0.6) is 5.75 Å². The number of benzene rings is 1. The Bertz CT molecular complexity index is 737. The van der Waals surface area contributed by atoms with Gasteiger partial charge in [0, 0.05) is 30.6 Å². The van der Waals surface area contributed by atoms with Gasteiger partial charge in [0.1, 0.15) is 5.75 Å². The molecule has 6 heteroatoms. The molecule has 2 aliphatic carbocycles. The van der Waals surface area contributed by atoms with Crippen LogP contribution in [0, 0.1) is 17.8 Å². The lowest BCUT2D eigenvalue weighted by Crippen LogP contribution is -2.48. The molecule has 0 spiro atoms. The highest BCUT2D eigenvalue weighted by Gasteiger charge is 2.40. The van der Waals surface area contributed by atoms with Crippen molar-refractivity contribution in [3.05, 3.63) is 18.2 Å². The third-order valence-electron chi connectivity index (χ3n) is 6.84. The molecule has 6 nitrogen and oxygen atoms in total. The van der Waals surface area contributed by atoms with Crippen LogP contribution >= 0.6 is 0 Å². The smallest absolute Gasteiger partial charge is 0.227 e. The number of nitrogens with one attached hydrogen (secondary N) is 1. The van der Waals surface area contributed by atoms with E-state index in [0.717, 1.165) is 49.9 Å². The highest BCUT2D eigenvalue weighted by atomic mass is 16.5. The Balaban J connectivity index is 1.49. The number of nitrogens with zero attached hydrogens (tertiary/aromatic N) is 1. The van der Waals surface area contributed by atoms with Crippen molar-refractivity contribution in [3.63, 3.8) is 0 Å². The summed E-state index contributed by atoms with van der Waals surface area (Å²) in [5, 5.41) is 3.09. The highest BCUT2D eigenvalue weighted by Crippen LogP contribution is 2.42. The second-order valence-electron chi connectivity index (χ2n) is 8.58. The van der Waals surface area contributed by atoms with Gasteiger partial charge in [-0.3, -0.25) is 9.59 Å². The zero-order valence-corrected chi connectivity index (χ0v) is 16.7. The number of ether oxygens (including phenoxy) is 1. The summed E-state index contributed by atoms with van der Waals surface area (Å²) in [5.41, 5.74) is 7.83. The van der Waals surface area contributed by atoms with Crippen molar-refractivity contribution in [1.29, 1.82) is 0 Å². The average molecular weight is 386 g/mol. The molecule has 1 aliphatic heterocycles. The van der Waals surface area contributed by atoms with Crippen molar-refractivity contribution in [1.82, 2.24) is 0 Å². The number of rotatable bonds is 4. The van der Waals surface area contributed by atoms with E-state index in [-0.39, 0.29) is 23.8 Å². The van der Waals surface area contributed by atoms with Gasteiger partial charge in [-0.1, -0.05) is 6.42 Å². The third kappa shape index (κ3) is 3.75. The molecule has 2 amide bonds. The first-order chi connectivity index (χ1) is 13.6. The van der Waals surface area contributed by atoms with E-state index >= 15 is 0 Å². The lowest BCUT2D eigenvalue weighted by atomic mass is 9.65. The maximum atomic E-state index is 12.9. The molecule has 3 aliphatic rings. The molecule has 1 aromatic rings. The van der Waals surface area contributed by atoms with E-state index in [1.165, 1.54) is 6.42 Å². The Hall–Kier alpha value is -2.08. The second-order valence-corrected chi connectivity index (χ2v) is 8.58. The summed E-state index contributed by atoms with van der Waals surface area (Å²) in [4.78, 5) is 27.1. The van der Waals surface area contributed by atoms with Gasteiger partial charge in [-0.25, -0.2) is 0 Å². The van der Waals surface area contributed by atoms with Crippen molar-refractivity contribution < 1.29 is 14.3 Å². The predicted molar refractivity (Wildman–Crippen MR) is 109 cm³/mol. The molecule has 2 bridgehead atoms. The van der Waals surface area contributed by atoms with Gasteiger partial charge in [-0.05, 0) is 68.6 Å². The van der Waals surface area contributed by atoms with Crippen molar-refractivity contribution in [2.24, 2.45) is 23.5 Å². The molecule has 3 N–H and O–H groups in total. The number of amides is 2. The van der Waals surface area contributed by atoms with Crippen molar-refractivity contribution in [2.75, 3.05) is 23.9 Å². The number of fused-ring (bicyclic) bond motifs is 2. The van der Waals surface area contributed by atoms with E-state index < -0.39 is 0 Å². The Morgan fingerprint density at radius 2 is 1.93 bits per heavy atom. The van der Waals surface area contributed by atoms with Crippen LogP contribution in [0.3, 0.4) is 0 Å². The van der Waals surface area contributed by atoms with Gasteiger partial charge in [0.25, 0.3) is 0 Å². The minimum Gasteiger partial charge on any atom is -0.495 e. The molecule has 3 fully saturated rings. The molecule has 2 saturated carbocycles. The fraction of sp³-hybridized carbons (Fsp3) is 0.636. The summed E-state index contributed by atoms with van der Waals surface area (Å²) in [6, 6.07) is 5.81. The number of piperidine rings is 1. The van der Waals surface area contributed by atoms with Gasteiger partial charge in [0.2, 0.25) is 11.8 Å². The number of anilines is 2. The van der Waals surface area contributed by atoms with Crippen molar-refractivity contribution >= 4 is 23.2 Å². The Morgan fingerprint density at radius 1 is 1.18 bits per heavy atom. The number of methoxy groups -OCH3 is 1. The van der Waals surface area contributed by atoms with E-state index in [1.807, 2.05) is 18.2 Å². The first-order valence-corrected chi connectivity index (χ1v) is 10.6. The van der Waals surface area contributed by atoms with Crippen molar-refractivity contribution in [3.8, 4) is 5.75 Å². The molecule has 28 heavy (non-hydrogen) atoms. The van der Waals surface area contributed by atoms with Crippen LogP contribution in [0.4, 0.5) is 11.4 Å². The summed E-state index contributed by atoms with van der Waals surface area (Å²) in [5.74, 6) is 1.82. The molecule has 1 aromatic carbocycles. The van der Waals surface area contributed by atoms with Gasteiger partial charge in [-0.2, -0.15) is 0 Å². The predicted octanol–water partition coefficient (Wildman–Crippen LogP) is 3.30. The fourth-order valence-electron chi connectivity index (χ4n) is 5.29. The van der Waals surface area contributed by atoms with Crippen molar-refractivity contribution in [2.45, 2.75) is 57.4 Å². The molecule has 4 rings (SSSR count). The molecule has 0 radical (unpaired) electrons. The van der Waals surface area contributed by atoms with E-state index in [2.05, 4.69) is 5.32 Å². The Labute approximate surface area is 166 Å². The molecule has 2 unspecified atom stereocenters. The number of carbonyl (C=O) groups excluding carboxylic acids is 2. The molecule has 2 atom stereocenters. The summed E-state index contributed by atoms with van der Waals surface area (Å²) in [6.45, 7) is 0.691. The summed E-state index contributed by atoms with van der Waals surface area (Å²) in [6.07, 6.45) is 7.77. The Kier molecular flexibility index (Phi) is 5.58. The van der Waals surface area contributed by atoms with Crippen LogP contribution < -0.4 is 20.7 Å². The minimum absolute atomic E-state index is 0.0253. The first-order valence-electron chi connectivity index (χ1n) is 10.6. The number of carbonyl (C=O) groups is 2. The summed E-state index contributed by atoms with van der Waals surface area (Å²) in [7, 11) is 1.61. The standard InChI is InChI=1S/C22H31N3O3/c1-28-19-9-8-17(13-18(19)25-10-3-2-7-20(25)26)24-22(27)16-11-14-5-4-6-15(12-16)21(14)23/h8-9,13-16,21H,2-7,10-12,23H2,1H3,(H,24,27). The van der Waals surface area contributed by atoms with Crippen LogP contribution in [-0.4, -0.2) is 31.5 Å². The van der Waals surface area contributed by atoms with Gasteiger partial charge in [0.15, 0.2) is 0 Å². The molecular formula is C22H31N3O3. The first kappa shape index (κ1) is 19.2. The zero-order valence-electron chi connectivity index (χ0n) is 16.7. The number of nitrogens with two attached hydrogens (primary N) is 1. The van der Waals surface area contributed by atoms with E-state index in [1.54, 1.807) is 12.0 Å². The lowest BCUT2D eigenvalue weighted by Gasteiger charge is -2.43. The summed E-state index contributed by atoms with van der Waals surface area (Å²) < 4.78 is 5.46. The third-order valence-corrected chi connectivity index (χ3v) is 6.84. The van der Waals surface area contributed by atoms with Crippen LogP contribution in [-0.2, 0) is 9.59 Å². The maximum Gasteiger partial charge on any atom is 0.227 e. The fourth-order valence-corrected chi connectivity index (χ4v) is 5.29. The number of hydrogen-bond donors (Lipinski definition) is 2. The highest BCUT2D eigenvalue weighted by molar-refractivity contribution is 5.98. The summed E-state index contributed by atoms with van der Waals surface area (Å²) >= 11 is 0. The lowest BCUT2D eigenvalue weighted by molar-refractivity contribution is -0.122. The largest absolute Gasteiger partial charge is 0.495 e. The van der Waals surface area contributed by atoms with E-state index in [0.29, 0.717) is 30.6 Å². The van der Waals surface area contributed by atoms with Gasteiger partial charge in [-0.15, -0.1) is 0 Å². The molecule has 1 heterocycles. The maximum absolute atomic E-state index is 12.9. The number of hydrogen-bond acceptors (Lipinski definition) is 4. The Morgan fingerprint density at radius 3 is 2.61 bits per heavy atom. The van der Waals surface area contributed by atoms with Gasteiger partial charge < -0.3 is 20.7 Å². The zero-order chi connectivity index (χ0) is 19.7. The SMILES string of the molecule is COc1ccc(NC(=O)C2CC3CCCC(C2)C3N)cc1N1CCCCC1=O. The topological polar surface area (TPSA) is 84.7 Å². The normalized spacial score (nSPS) is 30.1. The minimum atomic E-state index is 0.0253. The van der Waals surface area contributed by atoms with Gasteiger partial charge in [0.05, 0.1) is 12.8 Å². The van der Waals surface area contributed by atoms with Crippen LogP contribution in [0.25, 0.3) is 0 Å². The monoisotopic (exact) mass is 385 g/mol. The molecular weight excluding hydrogens is 354 g/mol. The molecule has 152 valence electrons. The molecule has 0 aromatic heterocycles. The van der Waals surface area contributed by atoms with E-state index in [4.69, 9.17) is 10.5 Å². The van der Waals surface area contributed by atoms with Crippen LogP contribution in [0.2, 0.25) is 0 Å². The quantitative estimate of drug-likeness (QED) is 0.833. The van der Waals surface area contributed by atoms with E-state index in [9.17, 15) is 9.59 Å². The van der Waals surface area contributed by atoms with Crippen LogP contribution in [0.15, 0.2) is 18.2 Å². The van der Waals surface area contributed by atoms with Crippen LogP contribution in [0.1, 0.15) is 51.4 Å². The molecule has 1 saturated heterocycles. The second kappa shape index (κ2) is 8.11. The average Bonchev–Trinajstić information content (AvgIpc) is 2.68.